The highest BCUT2D eigenvalue weighted by Gasteiger charge is 2.27. The fourth-order valence-electron chi connectivity index (χ4n) is 2.64. The summed E-state index contributed by atoms with van der Waals surface area (Å²) in [4.78, 5) is 11.2. The van der Waals surface area contributed by atoms with Crippen LogP contribution >= 0.6 is 0 Å². The molecule has 1 aromatic rings. The van der Waals surface area contributed by atoms with E-state index in [1.165, 1.54) is 11.3 Å². The fourth-order valence-corrected chi connectivity index (χ4v) is 2.64. The minimum Gasteiger partial charge on any atom is -0.384 e. The van der Waals surface area contributed by atoms with Gasteiger partial charge in [-0.15, -0.1) is 0 Å². The number of para-hydroxylation sites is 1. The maximum absolute atomic E-state index is 11.2. The molecule has 0 saturated carbocycles. The van der Waals surface area contributed by atoms with E-state index in [4.69, 9.17) is 4.74 Å². The topological polar surface area (TPSA) is 50.4 Å². The van der Waals surface area contributed by atoms with Crippen molar-refractivity contribution >= 4 is 11.6 Å². The minimum atomic E-state index is 0.000455. The lowest BCUT2D eigenvalue weighted by Gasteiger charge is -2.25. The first kappa shape index (κ1) is 10.6. The predicted octanol–water partition coefficient (Wildman–Crippen LogP) is 1.10. The zero-order valence-corrected chi connectivity index (χ0v) is 9.61. The van der Waals surface area contributed by atoms with E-state index in [-0.39, 0.29) is 18.6 Å². The van der Waals surface area contributed by atoms with Gasteiger partial charge in [0.05, 0.1) is 12.6 Å². The van der Waals surface area contributed by atoms with Crippen LogP contribution in [0.5, 0.6) is 0 Å². The van der Waals surface area contributed by atoms with E-state index in [2.05, 4.69) is 28.8 Å². The molecule has 0 aromatic heterocycles. The van der Waals surface area contributed by atoms with Crippen LogP contribution in [0.3, 0.4) is 0 Å². The first-order chi connectivity index (χ1) is 8.33. The number of hydrogen-bond donors (Lipinski definition) is 2. The van der Waals surface area contributed by atoms with Crippen molar-refractivity contribution in [2.75, 3.05) is 25.1 Å². The number of anilines is 1. The number of rotatable bonds is 2. The largest absolute Gasteiger partial charge is 0.384 e. The van der Waals surface area contributed by atoms with Gasteiger partial charge in [-0.05, 0) is 18.1 Å². The quantitative estimate of drug-likeness (QED) is 0.803. The van der Waals surface area contributed by atoms with E-state index < -0.39 is 0 Å². The van der Waals surface area contributed by atoms with Crippen LogP contribution in [0.4, 0.5) is 5.69 Å². The normalized spacial score (nSPS) is 27.2. The Morgan fingerprint density at radius 3 is 3.12 bits per heavy atom. The van der Waals surface area contributed by atoms with Crippen LogP contribution in [0, 0.1) is 0 Å². The van der Waals surface area contributed by atoms with Crippen LogP contribution in [0.25, 0.3) is 0 Å². The van der Waals surface area contributed by atoms with Gasteiger partial charge in [0.25, 0.3) is 0 Å². The average Bonchev–Trinajstić information content (AvgIpc) is 2.73. The fraction of sp³-hybridized carbons (Fsp3) is 0.462. The van der Waals surface area contributed by atoms with Crippen molar-refractivity contribution in [3.63, 3.8) is 0 Å². The molecule has 0 radical (unpaired) electrons. The molecule has 2 N–H and O–H groups in total. The minimum absolute atomic E-state index is 0.000455. The number of amides is 1. The Kier molecular flexibility index (Phi) is 2.73. The Labute approximate surface area is 100 Å². The van der Waals surface area contributed by atoms with Crippen molar-refractivity contribution in [3.05, 3.63) is 29.8 Å². The Bertz CT molecular complexity index is 433. The molecule has 0 unspecified atom stereocenters. The molecule has 1 fully saturated rings. The summed E-state index contributed by atoms with van der Waals surface area (Å²) < 4.78 is 5.26. The van der Waals surface area contributed by atoms with E-state index >= 15 is 0 Å². The zero-order chi connectivity index (χ0) is 11.7. The summed E-state index contributed by atoms with van der Waals surface area (Å²) in [6.45, 7) is 1.78. The lowest BCUT2D eigenvalue weighted by atomic mass is 9.94. The SMILES string of the molecule is O=C1COC[C@@H](C[C@@H]2CNc3ccccc32)N1. The van der Waals surface area contributed by atoms with Crippen LogP contribution < -0.4 is 10.6 Å². The van der Waals surface area contributed by atoms with Crippen molar-refractivity contribution in [1.82, 2.24) is 5.32 Å². The third kappa shape index (κ3) is 2.13. The van der Waals surface area contributed by atoms with Gasteiger partial charge in [0.2, 0.25) is 5.91 Å². The lowest BCUT2D eigenvalue weighted by molar-refractivity contribution is -0.131. The molecule has 4 nitrogen and oxygen atoms in total. The van der Waals surface area contributed by atoms with Crippen LogP contribution in [-0.4, -0.2) is 31.7 Å². The van der Waals surface area contributed by atoms with Crippen molar-refractivity contribution in [1.29, 1.82) is 0 Å². The second-order valence-electron chi connectivity index (χ2n) is 4.68. The van der Waals surface area contributed by atoms with Crippen LogP contribution in [0.15, 0.2) is 24.3 Å². The highest BCUT2D eigenvalue weighted by molar-refractivity contribution is 5.78. The maximum Gasteiger partial charge on any atom is 0.246 e. The van der Waals surface area contributed by atoms with Gasteiger partial charge in [0, 0.05) is 18.2 Å². The molecule has 2 aliphatic rings. The molecule has 3 rings (SSSR count). The van der Waals surface area contributed by atoms with E-state index in [1.807, 2.05) is 6.07 Å². The summed E-state index contributed by atoms with van der Waals surface area (Å²) in [5, 5.41) is 6.38. The third-order valence-electron chi connectivity index (χ3n) is 3.43. The number of carbonyl (C=O) groups is 1. The zero-order valence-electron chi connectivity index (χ0n) is 9.61. The summed E-state index contributed by atoms with van der Waals surface area (Å²) in [5.74, 6) is 0.471. The first-order valence-electron chi connectivity index (χ1n) is 6.03. The highest BCUT2D eigenvalue weighted by Crippen LogP contribution is 2.34. The van der Waals surface area contributed by atoms with Crippen molar-refractivity contribution in [2.45, 2.75) is 18.4 Å². The first-order valence-corrected chi connectivity index (χ1v) is 6.03. The number of hydrogen-bond acceptors (Lipinski definition) is 3. The van der Waals surface area contributed by atoms with Crippen LogP contribution in [0.2, 0.25) is 0 Å². The lowest BCUT2D eigenvalue weighted by Crippen LogP contribution is -2.46. The van der Waals surface area contributed by atoms with Crippen LogP contribution in [-0.2, 0) is 9.53 Å². The summed E-state index contributed by atoms with van der Waals surface area (Å²) >= 11 is 0. The molecule has 0 spiro atoms. The molecule has 90 valence electrons. The van der Waals surface area contributed by atoms with E-state index in [0.29, 0.717) is 12.5 Å². The number of nitrogens with one attached hydrogen (secondary N) is 2. The van der Waals surface area contributed by atoms with Crippen molar-refractivity contribution in [2.24, 2.45) is 0 Å². The molecule has 4 heteroatoms. The Balaban J connectivity index is 1.69. The van der Waals surface area contributed by atoms with Crippen molar-refractivity contribution in [3.8, 4) is 0 Å². The molecule has 1 saturated heterocycles. The Morgan fingerprint density at radius 1 is 1.35 bits per heavy atom. The summed E-state index contributed by atoms with van der Waals surface area (Å²) in [6, 6.07) is 8.51. The number of carbonyl (C=O) groups excluding carboxylic acids is 1. The van der Waals surface area contributed by atoms with E-state index in [1.54, 1.807) is 0 Å². The Morgan fingerprint density at radius 2 is 2.24 bits per heavy atom. The smallest absolute Gasteiger partial charge is 0.246 e. The number of fused-ring (bicyclic) bond motifs is 1. The third-order valence-corrected chi connectivity index (χ3v) is 3.43. The van der Waals surface area contributed by atoms with Gasteiger partial charge in [-0.2, -0.15) is 0 Å². The van der Waals surface area contributed by atoms with Crippen LogP contribution in [0.1, 0.15) is 17.9 Å². The van der Waals surface area contributed by atoms with E-state index in [0.717, 1.165) is 13.0 Å². The molecular weight excluding hydrogens is 216 g/mol. The van der Waals surface area contributed by atoms with Gasteiger partial charge in [0.1, 0.15) is 6.61 Å². The standard InChI is InChI=1S/C13H16N2O2/c16-13-8-17-7-10(15-13)5-9-6-14-12-4-2-1-3-11(9)12/h1-4,9-10,14H,5-8H2,(H,15,16)/t9-,10-/m1/s1. The highest BCUT2D eigenvalue weighted by atomic mass is 16.5. The predicted molar refractivity (Wildman–Crippen MR) is 65.0 cm³/mol. The molecule has 17 heavy (non-hydrogen) atoms. The van der Waals surface area contributed by atoms with Gasteiger partial charge in [-0.25, -0.2) is 0 Å². The van der Waals surface area contributed by atoms with E-state index in [9.17, 15) is 4.79 Å². The maximum atomic E-state index is 11.2. The number of benzene rings is 1. The average molecular weight is 232 g/mol. The number of ether oxygens (including phenoxy) is 1. The van der Waals surface area contributed by atoms with Gasteiger partial charge in [-0.1, -0.05) is 18.2 Å². The second-order valence-corrected chi connectivity index (χ2v) is 4.68. The van der Waals surface area contributed by atoms with Gasteiger partial charge in [-0.3, -0.25) is 4.79 Å². The molecule has 2 atom stereocenters. The molecule has 1 amide bonds. The monoisotopic (exact) mass is 232 g/mol. The molecule has 2 heterocycles. The summed E-state index contributed by atoms with van der Waals surface area (Å²) in [6.07, 6.45) is 0.940. The van der Waals surface area contributed by atoms with Gasteiger partial charge >= 0.3 is 0 Å². The summed E-state index contributed by atoms with van der Waals surface area (Å²) in [7, 11) is 0. The molecule has 2 aliphatic heterocycles. The van der Waals surface area contributed by atoms with Gasteiger partial charge in [0.15, 0.2) is 0 Å². The molecular formula is C13H16N2O2. The number of morpholine rings is 1. The summed E-state index contributed by atoms with van der Waals surface area (Å²) in [5.41, 5.74) is 2.58. The Hall–Kier alpha value is -1.55. The van der Waals surface area contributed by atoms with Gasteiger partial charge < -0.3 is 15.4 Å². The molecule has 1 aromatic carbocycles. The molecule has 0 bridgehead atoms. The molecule has 0 aliphatic carbocycles. The van der Waals surface area contributed by atoms with Crippen molar-refractivity contribution < 1.29 is 9.53 Å². The second kappa shape index (κ2) is 4.37.